The maximum atomic E-state index is 5.81. The molecular formula is C19H22O2. The van der Waals surface area contributed by atoms with Crippen molar-refractivity contribution in [1.29, 1.82) is 0 Å². The normalized spacial score (nSPS) is 21.8. The molecule has 3 unspecified atom stereocenters. The van der Waals surface area contributed by atoms with Gasteiger partial charge in [-0.3, -0.25) is 0 Å². The van der Waals surface area contributed by atoms with Crippen molar-refractivity contribution in [2.75, 3.05) is 0 Å². The molecule has 1 aliphatic rings. The standard InChI is InChI=1S/C19H22O2/c1-14(12-19-15(2)21-19)17-8-10-18(11-9-17)20-13-16-6-4-3-5-7-16/h3-11,14-15,19H,12-13H2,1-2H3. The largest absolute Gasteiger partial charge is 0.489 e. The average molecular weight is 282 g/mol. The molecule has 0 spiro atoms. The van der Waals surface area contributed by atoms with Crippen molar-refractivity contribution in [3.8, 4) is 5.75 Å². The maximum Gasteiger partial charge on any atom is 0.119 e. The number of ether oxygens (including phenoxy) is 2. The highest BCUT2D eigenvalue weighted by atomic mass is 16.6. The molecular weight excluding hydrogens is 260 g/mol. The third kappa shape index (κ3) is 3.85. The molecule has 0 N–H and O–H groups in total. The molecule has 3 rings (SSSR count). The lowest BCUT2D eigenvalue weighted by Crippen LogP contribution is -2.00. The van der Waals surface area contributed by atoms with Gasteiger partial charge in [-0.15, -0.1) is 0 Å². The lowest BCUT2D eigenvalue weighted by Gasteiger charge is -2.12. The van der Waals surface area contributed by atoms with Crippen molar-refractivity contribution in [3.63, 3.8) is 0 Å². The van der Waals surface area contributed by atoms with Gasteiger partial charge in [-0.2, -0.15) is 0 Å². The minimum Gasteiger partial charge on any atom is -0.489 e. The van der Waals surface area contributed by atoms with Crippen LogP contribution in [0.15, 0.2) is 54.6 Å². The lowest BCUT2D eigenvalue weighted by atomic mass is 9.95. The summed E-state index contributed by atoms with van der Waals surface area (Å²) < 4.78 is 11.3. The van der Waals surface area contributed by atoms with Gasteiger partial charge < -0.3 is 9.47 Å². The van der Waals surface area contributed by atoms with Gasteiger partial charge in [0.15, 0.2) is 0 Å². The molecule has 110 valence electrons. The van der Waals surface area contributed by atoms with Crippen LogP contribution in [0.5, 0.6) is 5.75 Å². The number of benzene rings is 2. The second kappa shape index (κ2) is 6.31. The van der Waals surface area contributed by atoms with E-state index in [2.05, 4.69) is 50.2 Å². The smallest absolute Gasteiger partial charge is 0.119 e. The number of epoxide rings is 1. The van der Waals surface area contributed by atoms with Gasteiger partial charge in [0.1, 0.15) is 12.4 Å². The van der Waals surface area contributed by atoms with Crippen LogP contribution < -0.4 is 4.74 Å². The van der Waals surface area contributed by atoms with Crippen LogP contribution in [0.1, 0.15) is 37.3 Å². The Balaban J connectivity index is 1.54. The summed E-state index contributed by atoms with van der Waals surface area (Å²) in [6.45, 7) is 5.01. The topological polar surface area (TPSA) is 21.8 Å². The zero-order valence-electron chi connectivity index (χ0n) is 12.7. The maximum absolute atomic E-state index is 5.81. The van der Waals surface area contributed by atoms with Gasteiger partial charge >= 0.3 is 0 Å². The molecule has 2 aromatic rings. The van der Waals surface area contributed by atoms with Crippen molar-refractivity contribution in [2.24, 2.45) is 0 Å². The molecule has 1 aliphatic heterocycles. The first kappa shape index (κ1) is 14.2. The number of rotatable bonds is 6. The molecule has 0 amide bonds. The van der Waals surface area contributed by atoms with Crippen molar-refractivity contribution in [1.82, 2.24) is 0 Å². The Morgan fingerprint density at radius 1 is 1.05 bits per heavy atom. The molecule has 1 heterocycles. The third-order valence-electron chi connectivity index (χ3n) is 4.12. The first-order valence-electron chi connectivity index (χ1n) is 7.64. The summed E-state index contributed by atoms with van der Waals surface area (Å²) in [5, 5.41) is 0. The Morgan fingerprint density at radius 3 is 2.33 bits per heavy atom. The molecule has 1 fully saturated rings. The molecule has 21 heavy (non-hydrogen) atoms. The molecule has 0 bridgehead atoms. The van der Waals surface area contributed by atoms with Crippen LogP contribution in [0.4, 0.5) is 0 Å². The molecule has 0 aliphatic carbocycles. The van der Waals surface area contributed by atoms with E-state index in [1.165, 1.54) is 11.1 Å². The summed E-state index contributed by atoms with van der Waals surface area (Å²) in [6, 6.07) is 18.7. The van der Waals surface area contributed by atoms with Gasteiger partial charge in [0, 0.05) is 0 Å². The quantitative estimate of drug-likeness (QED) is 0.725. The van der Waals surface area contributed by atoms with Crippen LogP contribution in [0, 0.1) is 0 Å². The summed E-state index contributed by atoms with van der Waals surface area (Å²) in [5.41, 5.74) is 2.54. The van der Waals surface area contributed by atoms with Gasteiger partial charge in [-0.25, -0.2) is 0 Å². The average Bonchev–Trinajstić information content (AvgIpc) is 3.21. The molecule has 2 aromatic carbocycles. The highest BCUT2D eigenvalue weighted by Crippen LogP contribution is 2.32. The van der Waals surface area contributed by atoms with Crippen LogP contribution in [0.3, 0.4) is 0 Å². The van der Waals surface area contributed by atoms with E-state index >= 15 is 0 Å². The van der Waals surface area contributed by atoms with Crippen LogP contribution in [0.2, 0.25) is 0 Å². The van der Waals surface area contributed by atoms with Crippen LogP contribution in [-0.2, 0) is 11.3 Å². The van der Waals surface area contributed by atoms with Crippen LogP contribution in [0.25, 0.3) is 0 Å². The Kier molecular flexibility index (Phi) is 4.26. The van der Waals surface area contributed by atoms with E-state index in [-0.39, 0.29) is 0 Å². The van der Waals surface area contributed by atoms with Gasteiger partial charge in [-0.05, 0) is 42.5 Å². The van der Waals surface area contributed by atoms with E-state index < -0.39 is 0 Å². The SMILES string of the molecule is CC(CC1OC1C)c1ccc(OCc2ccccc2)cc1. The zero-order valence-corrected chi connectivity index (χ0v) is 12.7. The second-order valence-electron chi connectivity index (χ2n) is 5.86. The van der Waals surface area contributed by atoms with Crippen molar-refractivity contribution < 1.29 is 9.47 Å². The summed E-state index contributed by atoms with van der Waals surface area (Å²) in [4.78, 5) is 0. The van der Waals surface area contributed by atoms with E-state index in [0.29, 0.717) is 24.7 Å². The predicted molar refractivity (Wildman–Crippen MR) is 84.6 cm³/mol. The number of hydrogen-bond donors (Lipinski definition) is 0. The van der Waals surface area contributed by atoms with Crippen molar-refractivity contribution >= 4 is 0 Å². The summed E-state index contributed by atoms with van der Waals surface area (Å²) >= 11 is 0. The van der Waals surface area contributed by atoms with Gasteiger partial charge in [-0.1, -0.05) is 49.4 Å². The molecule has 0 saturated carbocycles. The Bertz CT molecular complexity index is 562. The second-order valence-corrected chi connectivity index (χ2v) is 5.86. The first-order valence-corrected chi connectivity index (χ1v) is 7.64. The minimum absolute atomic E-state index is 0.445. The fourth-order valence-corrected chi connectivity index (χ4v) is 2.60. The Morgan fingerprint density at radius 2 is 1.71 bits per heavy atom. The summed E-state index contributed by atoms with van der Waals surface area (Å²) in [7, 11) is 0. The van der Waals surface area contributed by atoms with Crippen molar-refractivity contribution in [2.45, 2.75) is 45.0 Å². The molecule has 0 aromatic heterocycles. The molecule has 1 saturated heterocycles. The van der Waals surface area contributed by atoms with Crippen LogP contribution in [-0.4, -0.2) is 12.2 Å². The lowest BCUT2D eigenvalue weighted by molar-refractivity contribution is 0.306. The van der Waals surface area contributed by atoms with Gasteiger partial charge in [0.25, 0.3) is 0 Å². The summed E-state index contributed by atoms with van der Waals surface area (Å²) in [6.07, 6.45) is 2.00. The highest BCUT2D eigenvalue weighted by molar-refractivity contribution is 5.29. The van der Waals surface area contributed by atoms with E-state index in [1.807, 2.05) is 18.2 Å². The Hall–Kier alpha value is -1.80. The predicted octanol–water partition coefficient (Wildman–Crippen LogP) is 4.55. The van der Waals surface area contributed by atoms with E-state index in [9.17, 15) is 0 Å². The van der Waals surface area contributed by atoms with E-state index in [0.717, 1.165) is 12.2 Å². The van der Waals surface area contributed by atoms with Crippen molar-refractivity contribution in [3.05, 3.63) is 65.7 Å². The van der Waals surface area contributed by atoms with E-state index in [4.69, 9.17) is 9.47 Å². The zero-order chi connectivity index (χ0) is 14.7. The first-order chi connectivity index (χ1) is 10.2. The molecule has 3 atom stereocenters. The fraction of sp³-hybridized carbons (Fsp3) is 0.368. The summed E-state index contributed by atoms with van der Waals surface area (Å²) in [5.74, 6) is 1.45. The molecule has 2 heteroatoms. The minimum atomic E-state index is 0.445. The highest BCUT2D eigenvalue weighted by Gasteiger charge is 2.35. The van der Waals surface area contributed by atoms with Gasteiger partial charge in [0.2, 0.25) is 0 Å². The van der Waals surface area contributed by atoms with Gasteiger partial charge in [0.05, 0.1) is 12.2 Å². The number of hydrogen-bond acceptors (Lipinski definition) is 2. The van der Waals surface area contributed by atoms with E-state index in [1.54, 1.807) is 0 Å². The third-order valence-corrected chi connectivity index (χ3v) is 4.12. The molecule has 0 radical (unpaired) electrons. The van der Waals surface area contributed by atoms with Crippen LogP contribution >= 0.6 is 0 Å². The molecule has 2 nitrogen and oxygen atoms in total. The Labute approximate surface area is 126 Å². The fourth-order valence-electron chi connectivity index (χ4n) is 2.60. The monoisotopic (exact) mass is 282 g/mol.